The van der Waals surface area contributed by atoms with E-state index in [1.165, 1.54) is 14.2 Å². The van der Waals surface area contributed by atoms with Gasteiger partial charge in [-0.2, -0.15) is 0 Å². The molecule has 0 rings (SSSR count). The minimum Gasteiger partial charge on any atom is -0.467 e. The molecule has 0 radical (unpaired) electrons. The first-order chi connectivity index (χ1) is 11.1. The number of hydrogen-bond acceptors (Lipinski definition) is 6. The summed E-state index contributed by atoms with van der Waals surface area (Å²) < 4.78 is 9.25. The van der Waals surface area contributed by atoms with Crippen molar-refractivity contribution in [1.29, 1.82) is 0 Å². The van der Waals surface area contributed by atoms with Crippen molar-refractivity contribution in [3.8, 4) is 0 Å². The van der Waals surface area contributed by atoms with Gasteiger partial charge in [0.25, 0.3) is 0 Å². The van der Waals surface area contributed by atoms with Crippen molar-refractivity contribution in [1.82, 2.24) is 10.6 Å². The molecule has 0 fully saturated rings. The molecule has 0 aliphatic heterocycles. The van der Waals surface area contributed by atoms with Crippen LogP contribution in [-0.4, -0.2) is 50.1 Å². The van der Waals surface area contributed by atoms with Gasteiger partial charge in [0.15, 0.2) is 0 Å². The van der Waals surface area contributed by atoms with Gasteiger partial charge >= 0.3 is 23.8 Å². The van der Waals surface area contributed by atoms with Crippen LogP contribution in [0.1, 0.15) is 40.5 Å². The molecule has 2 N–H and O–H groups in total. The van der Waals surface area contributed by atoms with Crippen LogP contribution in [0, 0.1) is 11.8 Å². The normalized spacial score (nSPS) is 13.2. The summed E-state index contributed by atoms with van der Waals surface area (Å²) >= 11 is 0. The number of nitrogens with one attached hydrogen (secondary N) is 2. The van der Waals surface area contributed by atoms with Crippen LogP contribution >= 0.6 is 0 Å². The molecule has 8 nitrogen and oxygen atoms in total. The summed E-state index contributed by atoms with van der Waals surface area (Å²) in [6.07, 6.45) is 0.663. The van der Waals surface area contributed by atoms with Gasteiger partial charge in [0.1, 0.15) is 12.1 Å². The Morgan fingerprint density at radius 3 is 1.21 bits per heavy atom. The summed E-state index contributed by atoms with van der Waals surface area (Å²) in [6, 6.07) is -1.84. The number of amides is 2. The van der Waals surface area contributed by atoms with E-state index in [0.717, 1.165) is 0 Å². The second-order valence-corrected chi connectivity index (χ2v) is 6.36. The Labute approximate surface area is 142 Å². The highest BCUT2D eigenvalue weighted by atomic mass is 16.5. The molecule has 0 bridgehead atoms. The van der Waals surface area contributed by atoms with Gasteiger partial charge in [0.2, 0.25) is 0 Å². The predicted octanol–water partition coefficient (Wildman–Crippen LogP) is 0.394. The molecule has 8 heteroatoms. The second kappa shape index (κ2) is 10.6. The monoisotopic (exact) mass is 344 g/mol. The quantitative estimate of drug-likeness (QED) is 0.487. The van der Waals surface area contributed by atoms with Crippen molar-refractivity contribution in [2.75, 3.05) is 14.2 Å². The van der Waals surface area contributed by atoms with Gasteiger partial charge in [-0.3, -0.25) is 9.59 Å². The number of carbonyl (C=O) groups excluding carboxylic acids is 4. The number of ether oxygens (including phenoxy) is 2. The van der Waals surface area contributed by atoms with Gasteiger partial charge in [0, 0.05) is 0 Å². The first kappa shape index (κ1) is 21.9. The molecular formula is C16H28N2O6. The van der Waals surface area contributed by atoms with Crippen molar-refractivity contribution >= 4 is 23.8 Å². The van der Waals surface area contributed by atoms with Gasteiger partial charge in [-0.25, -0.2) is 9.59 Å². The van der Waals surface area contributed by atoms with Crippen molar-refractivity contribution < 1.29 is 28.7 Å². The number of carbonyl (C=O) groups is 4. The Morgan fingerprint density at radius 2 is 1.00 bits per heavy atom. The lowest BCUT2D eigenvalue weighted by Gasteiger charge is -2.20. The summed E-state index contributed by atoms with van der Waals surface area (Å²) in [5, 5.41) is 4.67. The average molecular weight is 344 g/mol. The van der Waals surface area contributed by atoms with Crippen LogP contribution in [0.2, 0.25) is 0 Å². The highest BCUT2D eigenvalue weighted by Gasteiger charge is 2.29. The van der Waals surface area contributed by atoms with Crippen LogP contribution in [0.15, 0.2) is 0 Å². The molecule has 0 aromatic rings. The van der Waals surface area contributed by atoms with Crippen LogP contribution in [-0.2, 0) is 28.7 Å². The number of methoxy groups -OCH3 is 2. The predicted molar refractivity (Wildman–Crippen MR) is 86.8 cm³/mol. The molecule has 0 aromatic heterocycles. The molecule has 0 heterocycles. The van der Waals surface area contributed by atoms with E-state index in [4.69, 9.17) is 0 Å². The maximum Gasteiger partial charge on any atom is 0.328 e. The molecular weight excluding hydrogens is 316 g/mol. The number of rotatable bonds is 8. The lowest BCUT2D eigenvalue weighted by molar-refractivity contribution is -0.150. The zero-order valence-electron chi connectivity index (χ0n) is 15.2. The van der Waals surface area contributed by atoms with E-state index in [0.29, 0.717) is 12.8 Å². The van der Waals surface area contributed by atoms with E-state index in [-0.39, 0.29) is 11.8 Å². The minimum atomic E-state index is -0.997. The van der Waals surface area contributed by atoms with Crippen molar-refractivity contribution in [3.05, 3.63) is 0 Å². The lowest BCUT2D eigenvalue weighted by Crippen LogP contribution is -2.52. The fraction of sp³-hybridized carbons (Fsp3) is 0.750. The lowest BCUT2D eigenvalue weighted by atomic mass is 10.0. The van der Waals surface area contributed by atoms with Gasteiger partial charge < -0.3 is 20.1 Å². The molecule has 2 amide bonds. The summed E-state index contributed by atoms with van der Waals surface area (Å²) in [5.41, 5.74) is 0. The third kappa shape index (κ3) is 7.94. The summed E-state index contributed by atoms with van der Waals surface area (Å²) in [4.78, 5) is 47.4. The summed E-state index contributed by atoms with van der Waals surface area (Å²) in [7, 11) is 2.41. The molecule has 24 heavy (non-hydrogen) atoms. The van der Waals surface area contributed by atoms with Crippen molar-refractivity contribution in [3.63, 3.8) is 0 Å². The summed E-state index contributed by atoms with van der Waals surface area (Å²) in [5.74, 6) is -3.03. The van der Waals surface area contributed by atoms with Gasteiger partial charge in [-0.05, 0) is 24.7 Å². The SMILES string of the molecule is COC(=O)[C@H](CC(C)C)NC(=O)C(=O)N[C@@H](CC(C)C)C(=O)OC. The van der Waals surface area contributed by atoms with E-state index in [2.05, 4.69) is 20.1 Å². The Kier molecular flexibility index (Phi) is 9.68. The Bertz CT molecular complexity index is 419. The third-order valence-corrected chi connectivity index (χ3v) is 3.20. The molecule has 0 spiro atoms. The maximum absolute atomic E-state index is 12.0. The molecule has 0 unspecified atom stereocenters. The maximum atomic E-state index is 12.0. The molecule has 2 atom stereocenters. The van der Waals surface area contributed by atoms with E-state index >= 15 is 0 Å². The fourth-order valence-corrected chi connectivity index (χ4v) is 2.10. The average Bonchev–Trinajstić information content (AvgIpc) is 2.50. The Morgan fingerprint density at radius 1 is 0.708 bits per heavy atom. The van der Waals surface area contributed by atoms with Crippen LogP contribution < -0.4 is 10.6 Å². The molecule has 138 valence electrons. The first-order valence-corrected chi connectivity index (χ1v) is 7.89. The Balaban J connectivity index is 4.90. The van der Waals surface area contributed by atoms with Crippen LogP contribution in [0.3, 0.4) is 0 Å². The van der Waals surface area contributed by atoms with Gasteiger partial charge in [-0.15, -0.1) is 0 Å². The molecule has 0 aromatic carbocycles. The minimum absolute atomic E-state index is 0.112. The molecule has 0 aliphatic rings. The largest absolute Gasteiger partial charge is 0.467 e. The van der Waals surface area contributed by atoms with Gasteiger partial charge in [0.05, 0.1) is 14.2 Å². The van der Waals surface area contributed by atoms with E-state index in [9.17, 15) is 19.2 Å². The van der Waals surface area contributed by atoms with Crippen molar-refractivity contribution in [2.24, 2.45) is 11.8 Å². The Hall–Kier alpha value is -2.12. The number of hydrogen-bond donors (Lipinski definition) is 2. The molecule has 0 aliphatic carbocycles. The topological polar surface area (TPSA) is 111 Å². The van der Waals surface area contributed by atoms with Crippen molar-refractivity contribution in [2.45, 2.75) is 52.6 Å². The first-order valence-electron chi connectivity index (χ1n) is 7.89. The molecule has 0 saturated carbocycles. The van der Waals surface area contributed by atoms with E-state index in [1.807, 2.05) is 27.7 Å². The second-order valence-electron chi connectivity index (χ2n) is 6.36. The zero-order valence-corrected chi connectivity index (χ0v) is 15.2. The zero-order chi connectivity index (χ0) is 18.9. The van der Waals surface area contributed by atoms with Crippen LogP contribution in [0.25, 0.3) is 0 Å². The molecule has 0 saturated heterocycles. The van der Waals surface area contributed by atoms with E-state index < -0.39 is 35.8 Å². The number of esters is 2. The van der Waals surface area contributed by atoms with Crippen LogP contribution in [0.5, 0.6) is 0 Å². The standard InChI is InChI=1S/C16H28N2O6/c1-9(2)7-11(15(21)23-5)17-13(19)14(20)18-12(8-10(3)4)16(22)24-6/h9-12H,7-8H2,1-6H3,(H,17,19)(H,18,20)/t11-,12-/m0/s1. The van der Waals surface area contributed by atoms with Crippen LogP contribution in [0.4, 0.5) is 0 Å². The smallest absolute Gasteiger partial charge is 0.328 e. The van der Waals surface area contributed by atoms with E-state index in [1.54, 1.807) is 0 Å². The highest BCUT2D eigenvalue weighted by Crippen LogP contribution is 2.08. The van der Waals surface area contributed by atoms with Gasteiger partial charge in [-0.1, -0.05) is 27.7 Å². The fourth-order valence-electron chi connectivity index (χ4n) is 2.10. The summed E-state index contributed by atoms with van der Waals surface area (Å²) in [6.45, 7) is 7.49. The highest BCUT2D eigenvalue weighted by molar-refractivity contribution is 6.35. The third-order valence-electron chi connectivity index (χ3n) is 3.20.